The maximum atomic E-state index is 12.6. The first-order chi connectivity index (χ1) is 12.1. The highest BCUT2D eigenvalue weighted by molar-refractivity contribution is 7.03. The van der Waals surface area contributed by atoms with Crippen molar-refractivity contribution in [3.05, 3.63) is 47.1 Å². The SMILES string of the molecule is CCn1ncnc1-c1ccc(C(=O)N(C)Cc2csnc2OC)cc1. The molecule has 0 N–H and O–H groups in total. The number of amides is 1. The molecule has 3 rings (SSSR count). The highest BCUT2D eigenvalue weighted by Gasteiger charge is 2.16. The predicted molar refractivity (Wildman–Crippen MR) is 95.6 cm³/mol. The summed E-state index contributed by atoms with van der Waals surface area (Å²) in [6.07, 6.45) is 1.54. The summed E-state index contributed by atoms with van der Waals surface area (Å²) >= 11 is 1.32. The Kier molecular flexibility index (Phi) is 5.08. The molecule has 130 valence electrons. The molecule has 0 radical (unpaired) electrons. The van der Waals surface area contributed by atoms with Crippen LogP contribution in [-0.2, 0) is 13.1 Å². The van der Waals surface area contributed by atoms with Crippen LogP contribution in [0, 0.1) is 0 Å². The third-order valence-corrected chi connectivity index (χ3v) is 4.52. The van der Waals surface area contributed by atoms with Crippen molar-refractivity contribution in [1.29, 1.82) is 0 Å². The zero-order chi connectivity index (χ0) is 17.8. The van der Waals surface area contributed by atoms with Crippen molar-refractivity contribution in [3.63, 3.8) is 0 Å². The Balaban J connectivity index is 1.74. The summed E-state index contributed by atoms with van der Waals surface area (Å²) in [7, 11) is 3.34. The number of ether oxygens (including phenoxy) is 1. The molecule has 3 aromatic rings. The fraction of sp³-hybridized carbons (Fsp3) is 0.294. The summed E-state index contributed by atoms with van der Waals surface area (Å²) in [4.78, 5) is 18.5. The van der Waals surface area contributed by atoms with Crippen molar-refractivity contribution in [1.82, 2.24) is 24.0 Å². The summed E-state index contributed by atoms with van der Waals surface area (Å²) in [6, 6.07) is 7.41. The van der Waals surface area contributed by atoms with Gasteiger partial charge in [-0.1, -0.05) is 12.1 Å². The van der Waals surface area contributed by atoms with E-state index >= 15 is 0 Å². The van der Waals surface area contributed by atoms with Crippen LogP contribution in [0.4, 0.5) is 0 Å². The zero-order valence-corrected chi connectivity index (χ0v) is 15.2. The molecule has 0 aliphatic heterocycles. The molecular weight excluding hydrogens is 338 g/mol. The van der Waals surface area contributed by atoms with Crippen molar-refractivity contribution in [2.45, 2.75) is 20.0 Å². The normalized spacial score (nSPS) is 10.7. The van der Waals surface area contributed by atoms with Crippen molar-refractivity contribution in [2.24, 2.45) is 0 Å². The quantitative estimate of drug-likeness (QED) is 0.678. The predicted octanol–water partition coefficient (Wildman–Crippen LogP) is 2.70. The monoisotopic (exact) mass is 357 g/mol. The Hall–Kier alpha value is -2.74. The van der Waals surface area contributed by atoms with Gasteiger partial charge in [0.25, 0.3) is 5.91 Å². The van der Waals surface area contributed by atoms with Crippen molar-refractivity contribution in [2.75, 3.05) is 14.2 Å². The average Bonchev–Trinajstić information content (AvgIpc) is 3.29. The molecule has 0 spiro atoms. The molecule has 0 bridgehead atoms. The van der Waals surface area contributed by atoms with E-state index in [0.29, 0.717) is 18.0 Å². The number of carbonyl (C=O) groups excluding carboxylic acids is 1. The molecule has 1 aromatic carbocycles. The standard InChI is InChI=1S/C17H19N5O2S/c1-4-22-15(18-11-19-22)12-5-7-13(8-6-12)17(23)21(2)9-14-10-25-20-16(14)24-3/h5-8,10-11H,4,9H2,1-3H3. The number of hydrogen-bond acceptors (Lipinski definition) is 6. The number of nitrogens with zero attached hydrogens (tertiary/aromatic N) is 5. The lowest BCUT2D eigenvalue weighted by Crippen LogP contribution is -2.26. The highest BCUT2D eigenvalue weighted by Crippen LogP contribution is 2.21. The molecule has 1 amide bonds. The lowest BCUT2D eigenvalue weighted by Gasteiger charge is -2.17. The van der Waals surface area contributed by atoms with Gasteiger partial charge in [-0.05, 0) is 30.6 Å². The topological polar surface area (TPSA) is 73.1 Å². The molecule has 0 atom stereocenters. The Labute approximate surface area is 150 Å². The Bertz CT molecular complexity index is 856. The Morgan fingerprint density at radius 2 is 2.08 bits per heavy atom. The first-order valence-corrected chi connectivity index (χ1v) is 8.68. The van der Waals surface area contributed by atoms with Crippen LogP contribution >= 0.6 is 11.5 Å². The van der Waals surface area contributed by atoms with E-state index < -0.39 is 0 Å². The second-order valence-corrected chi connectivity index (χ2v) is 6.12. The van der Waals surface area contributed by atoms with Gasteiger partial charge in [-0.3, -0.25) is 4.79 Å². The van der Waals surface area contributed by atoms with Gasteiger partial charge in [0.1, 0.15) is 6.33 Å². The number of carbonyl (C=O) groups is 1. The summed E-state index contributed by atoms with van der Waals surface area (Å²) in [5.41, 5.74) is 2.45. The molecule has 2 heterocycles. The van der Waals surface area contributed by atoms with Gasteiger partial charge in [0.15, 0.2) is 5.82 Å². The molecule has 25 heavy (non-hydrogen) atoms. The van der Waals surface area contributed by atoms with Gasteiger partial charge in [0.2, 0.25) is 5.88 Å². The van der Waals surface area contributed by atoms with E-state index in [1.165, 1.54) is 17.9 Å². The third-order valence-electron chi connectivity index (χ3n) is 3.86. The molecule has 0 aliphatic carbocycles. The van der Waals surface area contributed by atoms with Crippen molar-refractivity contribution in [3.8, 4) is 17.3 Å². The minimum Gasteiger partial charge on any atom is -0.480 e. The maximum Gasteiger partial charge on any atom is 0.253 e. The number of rotatable bonds is 6. The summed E-state index contributed by atoms with van der Waals surface area (Å²) < 4.78 is 11.2. The first kappa shape index (κ1) is 17.1. The second kappa shape index (κ2) is 7.43. The third kappa shape index (κ3) is 3.53. The number of hydrogen-bond donors (Lipinski definition) is 0. The van der Waals surface area contributed by atoms with Crippen LogP contribution in [-0.4, -0.2) is 44.1 Å². The van der Waals surface area contributed by atoms with Crippen LogP contribution in [0.1, 0.15) is 22.8 Å². The average molecular weight is 357 g/mol. The highest BCUT2D eigenvalue weighted by atomic mass is 32.1. The summed E-state index contributed by atoms with van der Waals surface area (Å²) in [5.74, 6) is 1.31. The number of aromatic nitrogens is 4. The minimum atomic E-state index is -0.0586. The zero-order valence-electron chi connectivity index (χ0n) is 14.3. The molecule has 0 unspecified atom stereocenters. The first-order valence-electron chi connectivity index (χ1n) is 7.85. The van der Waals surface area contributed by atoms with Gasteiger partial charge in [-0.2, -0.15) is 9.47 Å². The molecule has 0 saturated carbocycles. The van der Waals surface area contributed by atoms with E-state index in [-0.39, 0.29) is 5.91 Å². The molecule has 8 heteroatoms. The lowest BCUT2D eigenvalue weighted by molar-refractivity contribution is 0.0784. The summed E-state index contributed by atoms with van der Waals surface area (Å²) in [6.45, 7) is 3.21. The molecule has 0 aliphatic rings. The van der Waals surface area contributed by atoms with Gasteiger partial charge < -0.3 is 9.64 Å². The van der Waals surface area contributed by atoms with Gasteiger partial charge in [0.05, 0.1) is 13.7 Å². The molecular formula is C17H19N5O2S. The molecule has 7 nitrogen and oxygen atoms in total. The Morgan fingerprint density at radius 1 is 1.32 bits per heavy atom. The van der Waals surface area contributed by atoms with E-state index in [0.717, 1.165) is 23.5 Å². The number of methoxy groups -OCH3 is 1. The van der Waals surface area contributed by atoms with Crippen LogP contribution in [0.15, 0.2) is 36.0 Å². The maximum absolute atomic E-state index is 12.6. The van der Waals surface area contributed by atoms with Crippen LogP contribution in [0.5, 0.6) is 5.88 Å². The van der Waals surface area contributed by atoms with E-state index in [2.05, 4.69) is 14.5 Å². The van der Waals surface area contributed by atoms with Gasteiger partial charge in [-0.25, -0.2) is 9.67 Å². The smallest absolute Gasteiger partial charge is 0.253 e. The van der Waals surface area contributed by atoms with Crippen LogP contribution in [0.25, 0.3) is 11.4 Å². The van der Waals surface area contributed by atoms with Gasteiger partial charge in [-0.15, -0.1) is 0 Å². The number of aryl methyl sites for hydroxylation is 1. The van der Waals surface area contributed by atoms with E-state index in [1.54, 1.807) is 19.1 Å². The Morgan fingerprint density at radius 3 is 2.76 bits per heavy atom. The fourth-order valence-electron chi connectivity index (χ4n) is 2.55. The van der Waals surface area contributed by atoms with Crippen LogP contribution in [0.2, 0.25) is 0 Å². The lowest BCUT2D eigenvalue weighted by atomic mass is 10.1. The molecule has 2 aromatic heterocycles. The van der Waals surface area contributed by atoms with Gasteiger partial charge >= 0.3 is 0 Å². The van der Waals surface area contributed by atoms with Crippen LogP contribution < -0.4 is 4.74 Å². The molecule has 0 saturated heterocycles. The van der Waals surface area contributed by atoms with Crippen molar-refractivity contribution >= 4 is 17.4 Å². The molecule has 0 fully saturated rings. The fourth-order valence-corrected chi connectivity index (χ4v) is 3.19. The van der Waals surface area contributed by atoms with Crippen LogP contribution in [0.3, 0.4) is 0 Å². The second-order valence-electron chi connectivity index (χ2n) is 5.49. The van der Waals surface area contributed by atoms with E-state index in [4.69, 9.17) is 4.74 Å². The van der Waals surface area contributed by atoms with E-state index in [1.807, 2.05) is 41.3 Å². The largest absolute Gasteiger partial charge is 0.480 e. The minimum absolute atomic E-state index is 0.0586. The van der Waals surface area contributed by atoms with E-state index in [9.17, 15) is 4.79 Å². The summed E-state index contributed by atoms with van der Waals surface area (Å²) in [5, 5.41) is 6.06. The van der Waals surface area contributed by atoms with Gasteiger partial charge in [0, 0.05) is 35.7 Å². The number of benzene rings is 1. The van der Waals surface area contributed by atoms with Crippen molar-refractivity contribution < 1.29 is 9.53 Å².